The highest BCUT2D eigenvalue weighted by Crippen LogP contribution is 2.29. The lowest BCUT2D eigenvalue weighted by atomic mass is 10.1. The first kappa shape index (κ1) is 21.4. The average Bonchev–Trinajstić information content (AvgIpc) is 2.80. The number of alkyl halides is 3. The summed E-state index contributed by atoms with van der Waals surface area (Å²) in [6, 6.07) is 9.01. The number of benzene rings is 2. The van der Waals surface area contributed by atoms with Crippen molar-refractivity contribution in [2.24, 2.45) is 0 Å². The summed E-state index contributed by atoms with van der Waals surface area (Å²) in [5.41, 5.74) is -0.0622. The first-order valence-electron chi connectivity index (χ1n) is 9.26. The number of nitrogens with zero attached hydrogens (tertiary/aromatic N) is 1. The molecule has 0 aliphatic carbocycles. The van der Waals surface area contributed by atoms with Crippen LogP contribution in [-0.2, 0) is 22.3 Å². The van der Waals surface area contributed by atoms with Crippen LogP contribution in [-0.4, -0.2) is 34.7 Å². The van der Waals surface area contributed by atoms with Gasteiger partial charge in [0, 0.05) is 12.6 Å². The van der Waals surface area contributed by atoms with Gasteiger partial charge < -0.3 is 15.5 Å². The van der Waals surface area contributed by atoms with Crippen LogP contribution >= 0.6 is 0 Å². The van der Waals surface area contributed by atoms with Crippen LogP contribution in [0.2, 0.25) is 0 Å². The van der Waals surface area contributed by atoms with Crippen LogP contribution in [0.3, 0.4) is 0 Å². The molecule has 3 amide bonds. The largest absolute Gasteiger partial charge is 0.416 e. The van der Waals surface area contributed by atoms with Crippen molar-refractivity contribution >= 4 is 23.4 Å². The molecule has 30 heavy (non-hydrogen) atoms. The third-order valence-corrected chi connectivity index (χ3v) is 4.70. The number of halogens is 3. The monoisotopic (exact) mass is 419 g/mol. The molecule has 0 radical (unpaired) electrons. The van der Waals surface area contributed by atoms with Crippen molar-refractivity contribution in [3.8, 4) is 0 Å². The predicted molar refractivity (Wildman–Crippen MR) is 103 cm³/mol. The number of amides is 3. The normalized spacial score (nSPS) is 16.7. The molecular formula is C21H20F3N3O3. The van der Waals surface area contributed by atoms with Gasteiger partial charge in [0.25, 0.3) is 17.7 Å². The highest BCUT2D eigenvalue weighted by molar-refractivity contribution is 6.17. The maximum absolute atomic E-state index is 13.0. The fourth-order valence-electron chi connectivity index (χ4n) is 3.28. The van der Waals surface area contributed by atoms with Gasteiger partial charge in [-0.15, -0.1) is 0 Å². The Morgan fingerprint density at radius 1 is 1.13 bits per heavy atom. The SMILES string of the molecule is CC(C)N1C(=O)c2ccccc2NC(=O)C1C(=O)NCc1cccc(C(F)(F)F)c1. The molecule has 1 aliphatic rings. The van der Waals surface area contributed by atoms with Crippen LogP contribution in [0.4, 0.5) is 18.9 Å². The van der Waals surface area contributed by atoms with Gasteiger partial charge >= 0.3 is 6.18 Å². The van der Waals surface area contributed by atoms with Crippen molar-refractivity contribution in [1.82, 2.24) is 10.2 Å². The molecule has 0 bridgehead atoms. The van der Waals surface area contributed by atoms with Crippen molar-refractivity contribution in [2.45, 2.75) is 38.7 Å². The number of nitrogens with one attached hydrogen (secondary N) is 2. The summed E-state index contributed by atoms with van der Waals surface area (Å²) in [5.74, 6) is -1.96. The minimum Gasteiger partial charge on any atom is -0.350 e. The molecule has 0 saturated heterocycles. The number of carbonyl (C=O) groups excluding carboxylic acids is 3. The second-order valence-electron chi connectivity index (χ2n) is 7.16. The fraction of sp³-hybridized carbons (Fsp3) is 0.286. The Bertz CT molecular complexity index is 989. The second-order valence-corrected chi connectivity index (χ2v) is 7.16. The lowest BCUT2D eigenvalue weighted by molar-refractivity contribution is -0.137. The smallest absolute Gasteiger partial charge is 0.350 e. The Morgan fingerprint density at radius 3 is 2.50 bits per heavy atom. The van der Waals surface area contributed by atoms with Crippen molar-refractivity contribution in [3.05, 3.63) is 65.2 Å². The molecule has 2 N–H and O–H groups in total. The number of para-hydroxylation sites is 1. The Hall–Kier alpha value is -3.36. The van der Waals surface area contributed by atoms with E-state index in [-0.39, 0.29) is 17.7 Å². The molecule has 3 rings (SSSR count). The van der Waals surface area contributed by atoms with Crippen LogP contribution in [0, 0.1) is 0 Å². The Balaban J connectivity index is 1.84. The van der Waals surface area contributed by atoms with Gasteiger partial charge in [-0.1, -0.05) is 24.3 Å². The molecule has 0 saturated carbocycles. The quantitative estimate of drug-likeness (QED) is 0.748. The van der Waals surface area contributed by atoms with E-state index in [4.69, 9.17) is 0 Å². The molecule has 1 atom stereocenters. The summed E-state index contributed by atoms with van der Waals surface area (Å²) < 4.78 is 38.6. The molecule has 158 valence electrons. The summed E-state index contributed by atoms with van der Waals surface area (Å²) >= 11 is 0. The topological polar surface area (TPSA) is 78.5 Å². The third-order valence-electron chi connectivity index (χ3n) is 4.70. The molecule has 2 aromatic rings. The summed E-state index contributed by atoms with van der Waals surface area (Å²) in [6.45, 7) is 3.12. The van der Waals surface area contributed by atoms with Crippen molar-refractivity contribution in [3.63, 3.8) is 0 Å². The molecule has 0 spiro atoms. The number of hydrogen-bond acceptors (Lipinski definition) is 3. The highest BCUT2D eigenvalue weighted by Gasteiger charge is 2.41. The van der Waals surface area contributed by atoms with E-state index in [0.717, 1.165) is 12.1 Å². The van der Waals surface area contributed by atoms with Crippen LogP contribution in [0.15, 0.2) is 48.5 Å². The zero-order valence-electron chi connectivity index (χ0n) is 16.3. The number of hydrogen-bond donors (Lipinski definition) is 2. The first-order chi connectivity index (χ1) is 14.1. The minimum absolute atomic E-state index is 0.220. The van der Waals surface area contributed by atoms with E-state index in [1.54, 1.807) is 38.1 Å². The molecule has 0 fully saturated rings. The van der Waals surface area contributed by atoms with Gasteiger partial charge in [0.15, 0.2) is 6.04 Å². The molecule has 0 aromatic heterocycles. The average molecular weight is 419 g/mol. The molecular weight excluding hydrogens is 399 g/mol. The highest BCUT2D eigenvalue weighted by atomic mass is 19.4. The van der Waals surface area contributed by atoms with Crippen molar-refractivity contribution in [2.75, 3.05) is 5.32 Å². The number of carbonyl (C=O) groups is 3. The van der Waals surface area contributed by atoms with E-state index in [1.165, 1.54) is 17.0 Å². The lowest BCUT2D eigenvalue weighted by Gasteiger charge is -2.31. The zero-order chi connectivity index (χ0) is 22.1. The summed E-state index contributed by atoms with van der Waals surface area (Å²) in [4.78, 5) is 39.8. The van der Waals surface area contributed by atoms with E-state index < -0.39 is 41.5 Å². The van der Waals surface area contributed by atoms with Crippen LogP contribution in [0.5, 0.6) is 0 Å². The molecule has 1 aliphatic heterocycles. The second kappa shape index (κ2) is 8.17. The number of anilines is 1. The van der Waals surface area contributed by atoms with Crippen LogP contribution in [0.1, 0.15) is 35.3 Å². The predicted octanol–water partition coefficient (Wildman–Crippen LogP) is 3.19. The van der Waals surface area contributed by atoms with E-state index in [0.29, 0.717) is 5.69 Å². The summed E-state index contributed by atoms with van der Waals surface area (Å²) in [6.07, 6.45) is -4.51. The Kier molecular flexibility index (Phi) is 5.82. The standard InChI is InChI=1S/C21H20F3N3O3/c1-12(2)27-17(19(29)26-16-9-4-3-8-15(16)20(27)30)18(28)25-11-13-6-5-7-14(10-13)21(22,23)24/h3-10,12,17H,11H2,1-2H3,(H,25,28)(H,26,29). The fourth-order valence-corrected chi connectivity index (χ4v) is 3.28. The number of fused-ring (bicyclic) bond motifs is 1. The van der Waals surface area contributed by atoms with E-state index >= 15 is 0 Å². The van der Waals surface area contributed by atoms with Gasteiger partial charge in [0.2, 0.25) is 0 Å². The lowest BCUT2D eigenvalue weighted by Crippen LogP contribution is -2.56. The molecule has 2 aromatic carbocycles. The summed E-state index contributed by atoms with van der Waals surface area (Å²) in [5, 5.41) is 5.06. The molecule has 9 heteroatoms. The van der Waals surface area contributed by atoms with Gasteiger partial charge in [0.1, 0.15) is 0 Å². The van der Waals surface area contributed by atoms with E-state index in [9.17, 15) is 27.6 Å². The molecule has 6 nitrogen and oxygen atoms in total. The maximum Gasteiger partial charge on any atom is 0.416 e. The molecule has 1 heterocycles. The van der Waals surface area contributed by atoms with E-state index in [1.807, 2.05) is 0 Å². The minimum atomic E-state index is -4.51. The van der Waals surface area contributed by atoms with E-state index in [2.05, 4.69) is 10.6 Å². The maximum atomic E-state index is 13.0. The van der Waals surface area contributed by atoms with Gasteiger partial charge in [-0.25, -0.2) is 0 Å². The van der Waals surface area contributed by atoms with Crippen molar-refractivity contribution < 1.29 is 27.6 Å². The van der Waals surface area contributed by atoms with Gasteiger partial charge in [-0.2, -0.15) is 13.2 Å². The van der Waals surface area contributed by atoms with Crippen LogP contribution in [0.25, 0.3) is 0 Å². The Morgan fingerprint density at radius 2 is 1.83 bits per heavy atom. The Labute approximate surface area is 171 Å². The van der Waals surface area contributed by atoms with Gasteiger partial charge in [-0.3, -0.25) is 14.4 Å². The van der Waals surface area contributed by atoms with Gasteiger partial charge in [0.05, 0.1) is 16.8 Å². The first-order valence-corrected chi connectivity index (χ1v) is 9.26. The van der Waals surface area contributed by atoms with Crippen molar-refractivity contribution in [1.29, 1.82) is 0 Å². The zero-order valence-corrected chi connectivity index (χ0v) is 16.3. The van der Waals surface area contributed by atoms with Crippen LogP contribution < -0.4 is 10.6 Å². The third kappa shape index (κ3) is 4.29. The number of rotatable bonds is 4. The summed E-state index contributed by atoms with van der Waals surface area (Å²) in [7, 11) is 0. The van der Waals surface area contributed by atoms with Gasteiger partial charge in [-0.05, 0) is 43.7 Å². The molecule has 1 unspecified atom stereocenters.